The van der Waals surface area contributed by atoms with Crippen molar-refractivity contribution in [3.63, 3.8) is 0 Å². The van der Waals surface area contributed by atoms with E-state index in [4.69, 9.17) is 4.74 Å². The summed E-state index contributed by atoms with van der Waals surface area (Å²) in [6.45, 7) is 6.86. The number of sulfone groups is 1. The van der Waals surface area contributed by atoms with Gasteiger partial charge in [-0.1, -0.05) is 12.1 Å². The molecule has 1 aromatic carbocycles. The third-order valence-electron chi connectivity index (χ3n) is 2.92. The Hall–Kier alpha value is -1.07. The summed E-state index contributed by atoms with van der Waals surface area (Å²) in [5.74, 6) is 0.600. The van der Waals surface area contributed by atoms with Gasteiger partial charge in [0.15, 0.2) is 9.84 Å². The molecule has 0 heterocycles. The highest BCUT2D eigenvalue weighted by Gasteiger charge is 2.28. The molecule has 1 N–H and O–H groups in total. The van der Waals surface area contributed by atoms with Crippen molar-refractivity contribution in [2.45, 2.75) is 38.5 Å². The Labute approximate surface area is 115 Å². The summed E-state index contributed by atoms with van der Waals surface area (Å²) < 4.78 is 28.4. The molecular formula is C14H22O4S. The quantitative estimate of drug-likeness (QED) is 0.902. The van der Waals surface area contributed by atoms with E-state index in [-0.39, 0.29) is 12.4 Å². The molecule has 1 rings (SSSR count). The van der Waals surface area contributed by atoms with Gasteiger partial charge >= 0.3 is 0 Å². The third kappa shape index (κ3) is 4.51. The first-order valence-electron chi connectivity index (χ1n) is 6.26. The smallest absolute Gasteiger partial charge is 0.158 e. The molecular weight excluding hydrogens is 264 g/mol. The lowest BCUT2D eigenvalue weighted by molar-refractivity contribution is 0.199. The summed E-state index contributed by atoms with van der Waals surface area (Å²) in [5.41, 5.74) is 0.801. The number of benzene rings is 1. The van der Waals surface area contributed by atoms with Crippen molar-refractivity contribution in [2.24, 2.45) is 0 Å². The summed E-state index contributed by atoms with van der Waals surface area (Å²) in [6.07, 6.45) is -0.518. The van der Waals surface area contributed by atoms with Crippen molar-refractivity contribution >= 4 is 9.84 Å². The number of ether oxygens (including phenoxy) is 1. The van der Waals surface area contributed by atoms with E-state index in [9.17, 15) is 13.5 Å². The summed E-state index contributed by atoms with van der Waals surface area (Å²) in [7, 11) is -3.15. The molecule has 0 fully saturated rings. The zero-order chi connectivity index (χ0) is 14.7. The SMILES string of the molecule is C[C@@H](O)c1ccc(OCCS(=O)(=O)C(C)(C)C)cc1. The predicted molar refractivity (Wildman–Crippen MR) is 76.1 cm³/mol. The van der Waals surface area contributed by atoms with Crippen molar-refractivity contribution in [3.8, 4) is 5.75 Å². The molecule has 0 radical (unpaired) electrons. The molecule has 0 saturated heterocycles. The van der Waals surface area contributed by atoms with Crippen molar-refractivity contribution in [1.29, 1.82) is 0 Å². The second-order valence-electron chi connectivity index (χ2n) is 5.52. The molecule has 1 aromatic rings. The largest absolute Gasteiger partial charge is 0.493 e. The number of aliphatic hydroxyl groups excluding tert-OH is 1. The molecule has 0 saturated carbocycles. The fourth-order valence-electron chi connectivity index (χ4n) is 1.42. The molecule has 0 aliphatic carbocycles. The Balaban J connectivity index is 2.55. The first kappa shape index (κ1) is 16.0. The number of aliphatic hydroxyl groups is 1. The van der Waals surface area contributed by atoms with Crippen molar-refractivity contribution in [3.05, 3.63) is 29.8 Å². The maximum absolute atomic E-state index is 11.9. The minimum absolute atomic E-state index is 0.00530. The lowest BCUT2D eigenvalue weighted by atomic mass is 10.1. The number of rotatable bonds is 5. The molecule has 0 unspecified atom stereocenters. The Morgan fingerprint density at radius 3 is 2.16 bits per heavy atom. The normalized spacial score (nSPS) is 14.2. The van der Waals surface area contributed by atoms with Crippen LogP contribution in [0, 0.1) is 0 Å². The fraction of sp³-hybridized carbons (Fsp3) is 0.571. The second-order valence-corrected chi connectivity index (χ2v) is 8.39. The monoisotopic (exact) mass is 286 g/mol. The maximum atomic E-state index is 11.9. The fourth-order valence-corrected chi connectivity index (χ4v) is 2.33. The van der Waals surface area contributed by atoms with Gasteiger partial charge in [0.25, 0.3) is 0 Å². The number of hydrogen-bond acceptors (Lipinski definition) is 4. The van der Waals surface area contributed by atoms with E-state index in [1.165, 1.54) is 0 Å². The molecule has 4 nitrogen and oxygen atoms in total. The molecule has 0 aliphatic heterocycles. The van der Waals surface area contributed by atoms with E-state index in [1.54, 1.807) is 52.0 Å². The first-order valence-corrected chi connectivity index (χ1v) is 7.92. The highest BCUT2D eigenvalue weighted by Crippen LogP contribution is 2.19. The van der Waals surface area contributed by atoms with Crippen LogP contribution in [0.2, 0.25) is 0 Å². The lowest BCUT2D eigenvalue weighted by Crippen LogP contribution is -2.32. The van der Waals surface area contributed by atoms with E-state index < -0.39 is 20.7 Å². The van der Waals surface area contributed by atoms with Crippen LogP contribution in [-0.4, -0.2) is 30.6 Å². The Morgan fingerprint density at radius 2 is 1.74 bits per heavy atom. The van der Waals surface area contributed by atoms with Gasteiger partial charge in [0, 0.05) is 0 Å². The minimum Gasteiger partial charge on any atom is -0.493 e. The van der Waals surface area contributed by atoms with Gasteiger partial charge in [0.05, 0.1) is 16.6 Å². The first-order chi connectivity index (χ1) is 8.63. The summed E-state index contributed by atoms with van der Waals surface area (Å²) in [5, 5.41) is 9.37. The highest BCUT2D eigenvalue weighted by atomic mass is 32.2. The van der Waals surface area contributed by atoms with Gasteiger partial charge in [-0.05, 0) is 45.4 Å². The summed E-state index contributed by atoms with van der Waals surface area (Å²) in [4.78, 5) is 0. The molecule has 1 atom stereocenters. The van der Waals surface area contributed by atoms with Gasteiger partial charge in [0.1, 0.15) is 12.4 Å². The minimum atomic E-state index is -3.15. The molecule has 0 spiro atoms. The molecule has 108 valence electrons. The van der Waals surface area contributed by atoms with Gasteiger partial charge in [-0.2, -0.15) is 0 Å². The highest BCUT2D eigenvalue weighted by molar-refractivity contribution is 7.92. The zero-order valence-corrected chi connectivity index (χ0v) is 12.7. The van der Waals surface area contributed by atoms with E-state index in [1.807, 2.05) is 0 Å². The van der Waals surface area contributed by atoms with Crippen LogP contribution in [0.25, 0.3) is 0 Å². The van der Waals surface area contributed by atoms with E-state index >= 15 is 0 Å². The standard InChI is InChI=1S/C14H22O4S/c1-11(15)12-5-7-13(8-6-12)18-9-10-19(16,17)14(2,3)4/h5-8,11,15H,9-10H2,1-4H3/t11-/m1/s1. The van der Waals surface area contributed by atoms with Crippen molar-refractivity contribution in [2.75, 3.05) is 12.4 Å². The Morgan fingerprint density at radius 1 is 1.21 bits per heavy atom. The van der Waals surface area contributed by atoms with E-state index in [0.717, 1.165) is 5.56 Å². The van der Waals surface area contributed by atoms with Gasteiger partial charge < -0.3 is 9.84 Å². The van der Waals surface area contributed by atoms with Crippen LogP contribution in [0.5, 0.6) is 5.75 Å². The van der Waals surface area contributed by atoms with Crippen LogP contribution in [0.15, 0.2) is 24.3 Å². The topological polar surface area (TPSA) is 63.6 Å². The van der Waals surface area contributed by atoms with Crippen LogP contribution in [0.3, 0.4) is 0 Å². The molecule has 19 heavy (non-hydrogen) atoms. The lowest BCUT2D eigenvalue weighted by Gasteiger charge is -2.19. The molecule has 0 bridgehead atoms. The maximum Gasteiger partial charge on any atom is 0.158 e. The second kappa shape index (κ2) is 5.92. The third-order valence-corrected chi connectivity index (χ3v) is 5.49. The van der Waals surface area contributed by atoms with Crippen LogP contribution >= 0.6 is 0 Å². The van der Waals surface area contributed by atoms with Crippen LogP contribution in [0.4, 0.5) is 0 Å². The molecule has 0 aromatic heterocycles. The van der Waals surface area contributed by atoms with Crippen molar-refractivity contribution in [1.82, 2.24) is 0 Å². The van der Waals surface area contributed by atoms with Crippen molar-refractivity contribution < 1.29 is 18.3 Å². The summed E-state index contributed by atoms with van der Waals surface area (Å²) >= 11 is 0. The average molecular weight is 286 g/mol. The van der Waals surface area contributed by atoms with Gasteiger partial charge in [-0.15, -0.1) is 0 Å². The molecule has 5 heteroatoms. The Kier molecular flexibility index (Phi) is 4.98. The van der Waals surface area contributed by atoms with Crippen LogP contribution in [0.1, 0.15) is 39.4 Å². The van der Waals surface area contributed by atoms with Crippen LogP contribution in [-0.2, 0) is 9.84 Å². The van der Waals surface area contributed by atoms with E-state index in [2.05, 4.69) is 0 Å². The average Bonchev–Trinajstić information content (AvgIpc) is 2.28. The van der Waals surface area contributed by atoms with Gasteiger partial charge in [0.2, 0.25) is 0 Å². The predicted octanol–water partition coefficient (Wildman–Crippen LogP) is 2.33. The molecule has 0 aliphatic rings. The van der Waals surface area contributed by atoms with Crippen LogP contribution < -0.4 is 4.74 Å². The summed E-state index contributed by atoms with van der Waals surface area (Å²) in [6, 6.07) is 6.98. The Bertz CT molecular complexity index is 495. The van der Waals surface area contributed by atoms with Gasteiger partial charge in [-0.3, -0.25) is 0 Å². The zero-order valence-electron chi connectivity index (χ0n) is 11.9. The number of hydrogen-bond donors (Lipinski definition) is 1. The van der Waals surface area contributed by atoms with E-state index in [0.29, 0.717) is 5.75 Å². The van der Waals surface area contributed by atoms with Gasteiger partial charge in [-0.25, -0.2) is 8.42 Å². The molecule has 0 amide bonds.